The van der Waals surface area contributed by atoms with Crippen LogP contribution in [-0.2, 0) is 20.9 Å². The molecule has 1 aliphatic rings. The Morgan fingerprint density at radius 3 is 2.46 bits per heavy atom. The van der Waals surface area contributed by atoms with Crippen LogP contribution in [0, 0.1) is 0 Å². The number of hydrogen-bond acceptors (Lipinski definition) is 5. The number of amides is 2. The average Bonchev–Trinajstić information content (AvgIpc) is 3.46. The highest BCUT2D eigenvalue weighted by Crippen LogP contribution is 2.27. The Hall–Kier alpha value is -3.55. The normalized spacial score (nSPS) is 15.6. The minimum Gasteiger partial charge on any atom is -0.497 e. The molecule has 0 spiro atoms. The number of ether oxygens (including phenoxy) is 3. The fraction of sp³-hybridized carbons (Fsp3) is 0.310. The summed E-state index contributed by atoms with van der Waals surface area (Å²) < 4.78 is 16.7. The lowest BCUT2D eigenvalue weighted by Crippen LogP contribution is -2.46. The lowest BCUT2D eigenvalue weighted by molar-refractivity contribution is -0.143. The van der Waals surface area contributed by atoms with Crippen molar-refractivity contribution >= 4 is 23.4 Å². The Bertz CT molecular complexity index is 1170. The molecule has 194 valence electrons. The molecular formula is C29H31ClN2O5. The van der Waals surface area contributed by atoms with Gasteiger partial charge in [0.25, 0.3) is 5.91 Å². The third-order valence-corrected chi connectivity index (χ3v) is 6.54. The Morgan fingerprint density at radius 2 is 1.78 bits per heavy atom. The molecule has 1 N–H and O–H groups in total. The van der Waals surface area contributed by atoms with Crippen LogP contribution in [0.2, 0.25) is 5.02 Å². The third kappa shape index (κ3) is 7.24. The molecule has 3 aromatic carbocycles. The molecule has 0 unspecified atom stereocenters. The minimum atomic E-state index is -0.868. The zero-order valence-electron chi connectivity index (χ0n) is 20.8. The first-order valence-electron chi connectivity index (χ1n) is 12.3. The highest BCUT2D eigenvalue weighted by molar-refractivity contribution is 6.32. The maximum absolute atomic E-state index is 13.7. The van der Waals surface area contributed by atoms with E-state index in [1.54, 1.807) is 36.3 Å². The van der Waals surface area contributed by atoms with Gasteiger partial charge in [-0.25, -0.2) is 0 Å². The quantitative estimate of drug-likeness (QED) is 0.392. The molecule has 4 rings (SSSR count). The zero-order valence-corrected chi connectivity index (χ0v) is 21.5. The SMILES string of the molecule is COc1ccc(CN(C(=O)COc2ccccc2Cl)[C@@H](C(=O)NC[C@@H]2CCCO2)c2ccccc2)cc1. The first kappa shape index (κ1) is 26.5. The van der Waals surface area contributed by atoms with Crippen LogP contribution in [0.4, 0.5) is 0 Å². The van der Waals surface area contributed by atoms with Gasteiger partial charge >= 0.3 is 0 Å². The lowest BCUT2D eigenvalue weighted by Gasteiger charge is -2.32. The van der Waals surface area contributed by atoms with Gasteiger partial charge in [-0.15, -0.1) is 0 Å². The van der Waals surface area contributed by atoms with Crippen molar-refractivity contribution < 1.29 is 23.8 Å². The molecule has 0 aliphatic carbocycles. The van der Waals surface area contributed by atoms with Crippen LogP contribution >= 0.6 is 11.6 Å². The molecule has 2 amide bonds. The smallest absolute Gasteiger partial charge is 0.261 e. The Labute approximate surface area is 222 Å². The summed E-state index contributed by atoms with van der Waals surface area (Å²) in [7, 11) is 1.60. The average molecular weight is 523 g/mol. The molecule has 3 aromatic rings. The van der Waals surface area contributed by atoms with Crippen molar-refractivity contribution in [3.63, 3.8) is 0 Å². The van der Waals surface area contributed by atoms with Crippen LogP contribution in [0.15, 0.2) is 78.9 Å². The second kappa shape index (κ2) is 13.1. The summed E-state index contributed by atoms with van der Waals surface area (Å²) in [5, 5.41) is 3.41. The van der Waals surface area contributed by atoms with Gasteiger partial charge in [0.15, 0.2) is 6.61 Å². The van der Waals surface area contributed by atoms with Gasteiger partial charge in [-0.3, -0.25) is 9.59 Å². The van der Waals surface area contributed by atoms with Gasteiger partial charge < -0.3 is 24.4 Å². The summed E-state index contributed by atoms with van der Waals surface area (Å²) in [6.45, 7) is 1.01. The van der Waals surface area contributed by atoms with Crippen LogP contribution in [0.25, 0.3) is 0 Å². The number of carbonyl (C=O) groups excluding carboxylic acids is 2. The summed E-state index contributed by atoms with van der Waals surface area (Å²) in [4.78, 5) is 28.8. The van der Waals surface area contributed by atoms with Gasteiger partial charge in [-0.05, 0) is 48.2 Å². The number of halogens is 1. The lowest BCUT2D eigenvalue weighted by atomic mass is 10.0. The number of nitrogens with one attached hydrogen (secondary N) is 1. The van der Waals surface area contributed by atoms with Crippen molar-refractivity contribution in [3.05, 3.63) is 95.0 Å². The topological polar surface area (TPSA) is 77.1 Å². The van der Waals surface area contributed by atoms with E-state index in [2.05, 4.69) is 5.32 Å². The number of rotatable bonds is 11. The zero-order chi connectivity index (χ0) is 26.0. The van der Waals surface area contributed by atoms with E-state index in [1.807, 2.05) is 54.6 Å². The molecule has 0 radical (unpaired) electrons. The highest BCUT2D eigenvalue weighted by atomic mass is 35.5. The van der Waals surface area contributed by atoms with Gasteiger partial charge in [0.1, 0.15) is 17.5 Å². The molecular weight excluding hydrogens is 492 g/mol. The summed E-state index contributed by atoms with van der Waals surface area (Å²) in [5.41, 5.74) is 1.55. The Kier molecular flexibility index (Phi) is 9.40. The fourth-order valence-corrected chi connectivity index (χ4v) is 4.45. The van der Waals surface area contributed by atoms with Crippen LogP contribution in [0.3, 0.4) is 0 Å². The number of methoxy groups -OCH3 is 1. The van der Waals surface area contributed by atoms with E-state index < -0.39 is 6.04 Å². The van der Waals surface area contributed by atoms with Gasteiger partial charge in [-0.1, -0.05) is 66.2 Å². The number of para-hydroxylation sites is 1. The van der Waals surface area contributed by atoms with Crippen molar-refractivity contribution in [2.75, 3.05) is 26.9 Å². The van der Waals surface area contributed by atoms with Crippen molar-refractivity contribution in [2.45, 2.75) is 31.5 Å². The van der Waals surface area contributed by atoms with E-state index in [9.17, 15) is 9.59 Å². The molecule has 37 heavy (non-hydrogen) atoms. The van der Waals surface area contributed by atoms with Gasteiger partial charge in [0.05, 0.1) is 18.2 Å². The van der Waals surface area contributed by atoms with Gasteiger partial charge in [0.2, 0.25) is 5.91 Å². The first-order valence-corrected chi connectivity index (χ1v) is 12.7. The van der Waals surface area contributed by atoms with E-state index in [4.69, 9.17) is 25.8 Å². The predicted octanol–water partition coefficient (Wildman–Crippen LogP) is 4.79. The van der Waals surface area contributed by atoms with Crippen LogP contribution < -0.4 is 14.8 Å². The summed E-state index contributed by atoms with van der Waals surface area (Å²) in [5.74, 6) is 0.483. The second-order valence-electron chi connectivity index (χ2n) is 8.78. The molecule has 1 aliphatic heterocycles. The molecule has 0 aromatic heterocycles. The number of benzene rings is 3. The van der Waals surface area contributed by atoms with Gasteiger partial charge in [0, 0.05) is 19.7 Å². The minimum absolute atomic E-state index is 0.0188. The highest BCUT2D eigenvalue weighted by Gasteiger charge is 2.32. The molecule has 1 fully saturated rings. The van der Waals surface area contributed by atoms with E-state index in [-0.39, 0.29) is 31.1 Å². The summed E-state index contributed by atoms with van der Waals surface area (Å²) in [6, 6.07) is 22.8. The van der Waals surface area contributed by atoms with Crippen molar-refractivity contribution in [1.82, 2.24) is 10.2 Å². The van der Waals surface area contributed by atoms with Crippen LogP contribution in [-0.4, -0.2) is 49.7 Å². The number of nitrogens with zero attached hydrogens (tertiary/aromatic N) is 1. The molecule has 8 heteroatoms. The molecule has 1 saturated heterocycles. The fourth-order valence-electron chi connectivity index (χ4n) is 4.26. The summed E-state index contributed by atoms with van der Waals surface area (Å²) in [6.07, 6.45) is 1.86. The van der Waals surface area contributed by atoms with E-state index in [0.717, 1.165) is 18.4 Å². The largest absolute Gasteiger partial charge is 0.497 e. The maximum atomic E-state index is 13.7. The first-order chi connectivity index (χ1) is 18.0. The standard InChI is InChI=1S/C29H31ClN2O5/c1-35-23-15-13-21(14-16-23)19-32(27(33)20-37-26-12-6-5-11-25(26)30)28(22-8-3-2-4-9-22)29(34)31-18-24-10-7-17-36-24/h2-6,8-9,11-16,24,28H,7,10,17-20H2,1H3,(H,31,34)/t24-,28+/m0/s1. The summed E-state index contributed by atoms with van der Waals surface area (Å²) >= 11 is 6.22. The van der Waals surface area contributed by atoms with E-state index >= 15 is 0 Å². The Morgan fingerprint density at radius 1 is 1.05 bits per heavy atom. The van der Waals surface area contributed by atoms with Crippen molar-refractivity contribution in [2.24, 2.45) is 0 Å². The van der Waals surface area contributed by atoms with E-state index in [0.29, 0.717) is 35.2 Å². The van der Waals surface area contributed by atoms with E-state index in [1.165, 1.54) is 0 Å². The molecule has 0 saturated carbocycles. The second-order valence-corrected chi connectivity index (χ2v) is 9.19. The molecule has 2 atom stereocenters. The molecule has 7 nitrogen and oxygen atoms in total. The van der Waals surface area contributed by atoms with Crippen molar-refractivity contribution in [3.8, 4) is 11.5 Å². The van der Waals surface area contributed by atoms with Crippen LogP contribution in [0.1, 0.15) is 30.0 Å². The molecule has 1 heterocycles. The Balaban J connectivity index is 1.61. The molecule has 0 bridgehead atoms. The maximum Gasteiger partial charge on any atom is 0.261 e. The monoisotopic (exact) mass is 522 g/mol. The predicted molar refractivity (Wildman–Crippen MR) is 142 cm³/mol. The van der Waals surface area contributed by atoms with Crippen LogP contribution in [0.5, 0.6) is 11.5 Å². The number of carbonyl (C=O) groups is 2. The van der Waals surface area contributed by atoms with Gasteiger partial charge in [-0.2, -0.15) is 0 Å². The number of hydrogen-bond donors (Lipinski definition) is 1. The third-order valence-electron chi connectivity index (χ3n) is 6.22. The van der Waals surface area contributed by atoms with Crippen molar-refractivity contribution in [1.29, 1.82) is 0 Å².